The molecule has 1 aliphatic rings. The van der Waals surface area contributed by atoms with Crippen molar-refractivity contribution in [3.63, 3.8) is 0 Å². The number of carbonyl (C=O) groups excluding carboxylic acids is 1. The SMILES string of the molecule is O=C(O)c1csc(CNC(=O)[C@@H]2C[C@H]2c2cccc(F)c2F)n1. The molecule has 1 aromatic heterocycles. The molecule has 120 valence electrons. The summed E-state index contributed by atoms with van der Waals surface area (Å²) in [5.41, 5.74) is 0.151. The van der Waals surface area contributed by atoms with Crippen LogP contribution in [0.4, 0.5) is 8.78 Å². The van der Waals surface area contributed by atoms with Crippen LogP contribution >= 0.6 is 11.3 Å². The Morgan fingerprint density at radius 3 is 2.87 bits per heavy atom. The lowest BCUT2D eigenvalue weighted by Crippen LogP contribution is -2.25. The van der Waals surface area contributed by atoms with E-state index in [0.29, 0.717) is 11.4 Å². The van der Waals surface area contributed by atoms with Crippen molar-refractivity contribution in [2.45, 2.75) is 18.9 Å². The first kappa shape index (κ1) is 15.5. The molecule has 8 heteroatoms. The summed E-state index contributed by atoms with van der Waals surface area (Å²) in [7, 11) is 0. The fourth-order valence-electron chi connectivity index (χ4n) is 2.42. The van der Waals surface area contributed by atoms with Crippen molar-refractivity contribution >= 4 is 23.2 Å². The van der Waals surface area contributed by atoms with Crippen molar-refractivity contribution in [3.05, 3.63) is 51.5 Å². The number of hydrogen-bond donors (Lipinski definition) is 2. The van der Waals surface area contributed by atoms with Crippen LogP contribution in [0.1, 0.15) is 33.4 Å². The molecule has 1 heterocycles. The molecular weight excluding hydrogens is 326 g/mol. The molecule has 1 aromatic carbocycles. The van der Waals surface area contributed by atoms with Gasteiger partial charge in [0.2, 0.25) is 5.91 Å². The molecule has 2 aromatic rings. The van der Waals surface area contributed by atoms with Gasteiger partial charge in [-0.25, -0.2) is 18.6 Å². The van der Waals surface area contributed by atoms with Gasteiger partial charge < -0.3 is 10.4 Å². The van der Waals surface area contributed by atoms with E-state index in [4.69, 9.17) is 5.11 Å². The normalized spacial score (nSPS) is 19.4. The third kappa shape index (κ3) is 3.21. The molecule has 1 amide bonds. The first-order valence-corrected chi connectivity index (χ1v) is 7.74. The van der Waals surface area contributed by atoms with Crippen LogP contribution in [-0.4, -0.2) is 22.0 Å². The second-order valence-corrected chi connectivity index (χ2v) is 6.18. The highest BCUT2D eigenvalue weighted by Crippen LogP contribution is 2.48. The third-order valence-corrected chi connectivity index (χ3v) is 4.54. The standard InChI is InChI=1S/C15H12F2N2O3S/c16-10-3-1-2-7(13(10)17)8-4-9(8)14(20)18-5-12-19-11(6-23-12)15(21)22/h1-3,6,8-9H,4-5H2,(H,18,20)(H,21,22)/t8-,9+/m0/s1. The summed E-state index contributed by atoms with van der Waals surface area (Å²) in [4.78, 5) is 26.6. The largest absolute Gasteiger partial charge is 0.476 e. The van der Waals surface area contributed by atoms with E-state index in [2.05, 4.69) is 10.3 Å². The Kier molecular flexibility index (Phi) is 4.08. The second kappa shape index (κ2) is 6.04. The molecule has 3 rings (SSSR count). The zero-order valence-electron chi connectivity index (χ0n) is 11.8. The molecular formula is C15H12F2N2O3S. The highest BCUT2D eigenvalue weighted by molar-refractivity contribution is 7.09. The van der Waals surface area contributed by atoms with Crippen molar-refractivity contribution in [1.82, 2.24) is 10.3 Å². The molecule has 2 N–H and O–H groups in total. The number of carbonyl (C=O) groups is 2. The van der Waals surface area contributed by atoms with Gasteiger partial charge in [-0.2, -0.15) is 0 Å². The summed E-state index contributed by atoms with van der Waals surface area (Å²) < 4.78 is 26.9. The predicted molar refractivity (Wildman–Crippen MR) is 78.1 cm³/mol. The van der Waals surface area contributed by atoms with Crippen LogP contribution in [0.2, 0.25) is 0 Å². The van der Waals surface area contributed by atoms with E-state index in [1.54, 1.807) is 0 Å². The summed E-state index contributed by atoms with van der Waals surface area (Å²) in [5.74, 6) is -3.94. The van der Waals surface area contributed by atoms with Gasteiger partial charge in [0.15, 0.2) is 17.3 Å². The highest BCUT2D eigenvalue weighted by atomic mass is 32.1. The van der Waals surface area contributed by atoms with E-state index < -0.39 is 23.5 Å². The van der Waals surface area contributed by atoms with Crippen LogP contribution < -0.4 is 5.32 Å². The van der Waals surface area contributed by atoms with Gasteiger partial charge in [-0.15, -0.1) is 11.3 Å². The van der Waals surface area contributed by atoms with Crippen molar-refractivity contribution < 1.29 is 23.5 Å². The van der Waals surface area contributed by atoms with Crippen LogP contribution in [0.5, 0.6) is 0 Å². The lowest BCUT2D eigenvalue weighted by atomic mass is 10.1. The van der Waals surface area contributed by atoms with Crippen molar-refractivity contribution in [2.75, 3.05) is 0 Å². The van der Waals surface area contributed by atoms with Gasteiger partial charge in [0.05, 0.1) is 6.54 Å². The topological polar surface area (TPSA) is 79.3 Å². The number of hydrogen-bond acceptors (Lipinski definition) is 4. The van der Waals surface area contributed by atoms with E-state index in [1.807, 2.05) is 0 Å². The van der Waals surface area contributed by atoms with E-state index in [-0.39, 0.29) is 29.6 Å². The molecule has 1 saturated carbocycles. The predicted octanol–water partition coefficient (Wildman–Crippen LogP) is 2.54. The summed E-state index contributed by atoms with van der Waals surface area (Å²) in [6.45, 7) is 0.117. The monoisotopic (exact) mass is 338 g/mol. The van der Waals surface area contributed by atoms with Crippen LogP contribution in [0, 0.1) is 17.6 Å². The average Bonchev–Trinajstić information content (AvgIpc) is 3.16. The summed E-state index contributed by atoms with van der Waals surface area (Å²) in [5, 5.41) is 13.3. The minimum Gasteiger partial charge on any atom is -0.476 e. The van der Waals surface area contributed by atoms with Crippen molar-refractivity contribution in [3.8, 4) is 0 Å². The fraction of sp³-hybridized carbons (Fsp3) is 0.267. The van der Waals surface area contributed by atoms with E-state index in [1.165, 1.54) is 17.5 Å². The Bertz CT molecular complexity index is 778. The number of nitrogens with zero attached hydrogens (tertiary/aromatic N) is 1. The molecule has 0 saturated heterocycles. The molecule has 5 nitrogen and oxygen atoms in total. The Labute approximate surface area is 134 Å². The number of halogens is 2. The average molecular weight is 338 g/mol. The van der Waals surface area contributed by atoms with Gasteiger partial charge in [-0.1, -0.05) is 12.1 Å². The number of benzene rings is 1. The lowest BCUT2D eigenvalue weighted by Gasteiger charge is -2.04. The maximum atomic E-state index is 13.7. The number of aromatic carboxylic acids is 1. The van der Waals surface area contributed by atoms with Crippen molar-refractivity contribution in [1.29, 1.82) is 0 Å². The Morgan fingerprint density at radius 1 is 1.39 bits per heavy atom. The molecule has 1 aliphatic carbocycles. The van der Waals surface area contributed by atoms with Gasteiger partial charge in [0.1, 0.15) is 5.01 Å². The van der Waals surface area contributed by atoms with Gasteiger partial charge in [0.25, 0.3) is 0 Å². The van der Waals surface area contributed by atoms with Crippen LogP contribution in [0.25, 0.3) is 0 Å². The van der Waals surface area contributed by atoms with Gasteiger partial charge in [-0.3, -0.25) is 4.79 Å². The molecule has 0 unspecified atom stereocenters. The number of amides is 1. The third-order valence-electron chi connectivity index (χ3n) is 3.69. The minimum atomic E-state index is -1.12. The first-order chi connectivity index (χ1) is 11.0. The molecule has 0 radical (unpaired) electrons. The number of thiazole rings is 1. The summed E-state index contributed by atoms with van der Waals surface area (Å²) >= 11 is 1.14. The summed E-state index contributed by atoms with van der Waals surface area (Å²) in [6.07, 6.45) is 0.463. The van der Waals surface area contributed by atoms with Crippen molar-refractivity contribution in [2.24, 2.45) is 5.92 Å². The first-order valence-electron chi connectivity index (χ1n) is 6.86. The molecule has 23 heavy (non-hydrogen) atoms. The minimum absolute atomic E-state index is 0.0645. The van der Waals surface area contributed by atoms with Gasteiger partial charge in [0, 0.05) is 11.3 Å². The summed E-state index contributed by atoms with van der Waals surface area (Å²) in [6, 6.07) is 3.94. The van der Waals surface area contributed by atoms with E-state index >= 15 is 0 Å². The molecule has 1 fully saturated rings. The van der Waals surface area contributed by atoms with Gasteiger partial charge in [-0.05, 0) is 24.0 Å². The van der Waals surface area contributed by atoms with Crippen LogP contribution in [0.15, 0.2) is 23.6 Å². The molecule has 0 bridgehead atoms. The number of aromatic nitrogens is 1. The second-order valence-electron chi connectivity index (χ2n) is 5.24. The Hall–Kier alpha value is -2.35. The maximum absolute atomic E-state index is 13.7. The van der Waals surface area contributed by atoms with Crippen LogP contribution in [0.3, 0.4) is 0 Å². The number of rotatable bonds is 5. The molecule has 2 atom stereocenters. The Morgan fingerprint density at radius 2 is 2.17 bits per heavy atom. The number of carboxylic acids is 1. The lowest BCUT2D eigenvalue weighted by molar-refractivity contribution is -0.122. The molecule has 0 aliphatic heterocycles. The zero-order valence-corrected chi connectivity index (χ0v) is 12.6. The number of nitrogens with one attached hydrogen (secondary N) is 1. The van der Waals surface area contributed by atoms with Gasteiger partial charge >= 0.3 is 5.97 Å². The van der Waals surface area contributed by atoms with E-state index in [9.17, 15) is 18.4 Å². The molecule has 0 spiro atoms. The number of carboxylic acid groups (broad SMARTS) is 1. The fourth-order valence-corrected chi connectivity index (χ4v) is 3.13. The zero-order chi connectivity index (χ0) is 16.6. The Balaban J connectivity index is 1.58. The highest BCUT2D eigenvalue weighted by Gasteiger charge is 2.45. The van der Waals surface area contributed by atoms with Crippen LogP contribution in [-0.2, 0) is 11.3 Å². The van der Waals surface area contributed by atoms with E-state index in [0.717, 1.165) is 17.4 Å². The quantitative estimate of drug-likeness (QED) is 0.878. The maximum Gasteiger partial charge on any atom is 0.355 e. The smallest absolute Gasteiger partial charge is 0.355 e.